The van der Waals surface area contributed by atoms with Crippen molar-refractivity contribution < 1.29 is 5.11 Å². The van der Waals surface area contributed by atoms with E-state index in [9.17, 15) is 5.11 Å². The van der Waals surface area contributed by atoms with Gasteiger partial charge in [0.2, 0.25) is 0 Å². The number of aryl methyl sites for hydroxylation is 1. The van der Waals surface area contributed by atoms with Crippen molar-refractivity contribution in [3.8, 4) is 0 Å². The zero-order chi connectivity index (χ0) is 14.2. The summed E-state index contributed by atoms with van der Waals surface area (Å²) in [5, 5.41) is 17.4. The van der Waals surface area contributed by atoms with Gasteiger partial charge < -0.3 is 5.11 Å². The molecule has 19 heavy (non-hydrogen) atoms. The molecule has 0 bridgehead atoms. The fourth-order valence-electron chi connectivity index (χ4n) is 2.02. The van der Waals surface area contributed by atoms with Gasteiger partial charge in [0, 0.05) is 28.4 Å². The SMILES string of the molecule is CC(C)c1nn(C)c(Cl)c1C(O)Cc1sccc1Br. The Morgan fingerprint density at radius 2 is 2.21 bits per heavy atom. The van der Waals surface area contributed by atoms with Crippen molar-refractivity contribution in [3.05, 3.63) is 37.2 Å². The highest BCUT2D eigenvalue weighted by Crippen LogP contribution is 2.34. The molecule has 2 rings (SSSR count). The molecule has 0 aliphatic heterocycles. The van der Waals surface area contributed by atoms with Crippen LogP contribution in [-0.2, 0) is 13.5 Å². The lowest BCUT2D eigenvalue weighted by Crippen LogP contribution is -2.05. The fourth-order valence-corrected chi connectivity index (χ4v) is 3.84. The number of aliphatic hydroxyl groups excluding tert-OH is 1. The minimum atomic E-state index is -0.631. The van der Waals surface area contributed by atoms with Crippen LogP contribution in [0.4, 0.5) is 0 Å². The topological polar surface area (TPSA) is 38.0 Å². The van der Waals surface area contributed by atoms with Crippen molar-refractivity contribution >= 4 is 38.9 Å². The van der Waals surface area contributed by atoms with E-state index in [2.05, 4.69) is 34.9 Å². The van der Waals surface area contributed by atoms with Crippen LogP contribution in [0, 0.1) is 0 Å². The van der Waals surface area contributed by atoms with Gasteiger partial charge in [0.15, 0.2) is 0 Å². The lowest BCUT2D eigenvalue weighted by atomic mass is 10.00. The molecule has 2 aromatic heterocycles. The Hall–Kier alpha value is -0.360. The molecule has 3 nitrogen and oxygen atoms in total. The molecule has 2 aromatic rings. The van der Waals surface area contributed by atoms with Gasteiger partial charge in [0.05, 0.1) is 11.8 Å². The van der Waals surface area contributed by atoms with Crippen LogP contribution in [0.15, 0.2) is 15.9 Å². The second-order valence-electron chi connectivity index (χ2n) is 4.78. The molecule has 0 fully saturated rings. The number of hydrogen-bond acceptors (Lipinski definition) is 3. The largest absolute Gasteiger partial charge is 0.388 e. The first-order valence-corrected chi connectivity index (χ1v) is 8.09. The Balaban J connectivity index is 2.33. The normalized spacial score (nSPS) is 13.2. The second kappa shape index (κ2) is 5.95. The summed E-state index contributed by atoms with van der Waals surface area (Å²) in [6.45, 7) is 4.10. The standard InChI is InChI=1S/C13H16BrClN2OS/c1-7(2)12-11(13(15)17(3)16-12)9(18)6-10-8(14)4-5-19-10/h4-5,7,9,18H,6H2,1-3H3. The third-order valence-corrected chi connectivity index (χ3v) is 5.39. The molecule has 0 amide bonds. The predicted molar refractivity (Wildman–Crippen MR) is 83.0 cm³/mol. The number of thiophene rings is 1. The molecule has 0 saturated carbocycles. The first-order valence-electron chi connectivity index (χ1n) is 6.04. The number of aromatic nitrogens is 2. The van der Waals surface area contributed by atoms with Crippen LogP contribution in [0.1, 0.15) is 42.0 Å². The number of hydrogen-bond donors (Lipinski definition) is 1. The Morgan fingerprint density at radius 3 is 2.74 bits per heavy atom. The zero-order valence-electron chi connectivity index (χ0n) is 11.0. The van der Waals surface area contributed by atoms with Crippen molar-refractivity contribution in [1.82, 2.24) is 9.78 Å². The van der Waals surface area contributed by atoms with E-state index in [-0.39, 0.29) is 5.92 Å². The average molecular weight is 364 g/mol. The minimum Gasteiger partial charge on any atom is -0.388 e. The van der Waals surface area contributed by atoms with Gasteiger partial charge in [-0.25, -0.2) is 0 Å². The number of halogens is 2. The summed E-state index contributed by atoms with van der Waals surface area (Å²) in [5.41, 5.74) is 1.62. The van der Waals surface area contributed by atoms with Crippen molar-refractivity contribution in [2.75, 3.05) is 0 Å². The molecule has 2 heterocycles. The maximum Gasteiger partial charge on any atom is 0.132 e. The van der Waals surface area contributed by atoms with Crippen LogP contribution in [-0.4, -0.2) is 14.9 Å². The Labute approximate surface area is 130 Å². The van der Waals surface area contributed by atoms with Crippen molar-refractivity contribution in [2.24, 2.45) is 7.05 Å². The molecule has 1 unspecified atom stereocenters. The quantitative estimate of drug-likeness (QED) is 0.879. The molecule has 6 heteroatoms. The molecule has 0 radical (unpaired) electrons. The molecule has 0 spiro atoms. The summed E-state index contributed by atoms with van der Waals surface area (Å²) in [6.07, 6.45) is -0.0859. The smallest absolute Gasteiger partial charge is 0.132 e. The van der Waals surface area contributed by atoms with E-state index in [0.717, 1.165) is 20.6 Å². The number of nitrogens with zero attached hydrogens (tertiary/aromatic N) is 2. The third kappa shape index (κ3) is 3.05. The number of aliphatic hydroxyl groups is 1. The summed E-state index contributed by atoms with van der Waals surface area (Å²) in [4.78, 5) is 1.11. The minimum absolute atomic E-state index is 0.232. The molecule has 1 N–H and O–H groups in total. The van der Waals surface area contributed by atoms with Crippen LogP contribution < -0.4 is 0 Å². The molecular weight excluding hydrogens is 348 g/mol. The molecular formula is C13H16BrClN2OS. The predicted octanol–water partition coefficient (Wildman–Crippen LogP) is 4.30. The zero-order valence-corrected chi connectivity index (χ0v) is 14.2. The Bertz CT molecular complexity index is 579. The summed E-state index contributed by atoms with van der Waals surface area (Å²) in [5.74, 6) is 0.232. The summed E-state index contributed by atoms with van der Waals surface area (Å²) in [7, 11) is 1.80. The molecule has 0 aromatic carbocycles. The Morgan fingerprint density at radius 1 is 1.53 bits per heavy atom. The van der Waals surface area contributed by atoms with Crippen LogP contribution in [0.3, 0.4) is 0 Å². The number of rotatable bonds is 4. The van der Waals surface area contributed by atoms with Crippen molar-refractivity contribution in [3.63, 3.8) is 0 Å². The van der Waals surface area contributed by atoms with E-state index in [4.69, 9.17) is 11.6 Å². The maximum absolute atomic E-state index is 10.5. The molecule has 0 aliphatic rings. The average Bonchev–Trinajstić information content (AvgIpc) is 2.85. The summed E-state index contributed by atoms with van der Waals surface area (Å²) in [6, 6.07) is 1.99. The highest BCUT2D eigenvalue weighted by molar-refractivity contribution is 9.10. The van der Waals surface area contributed by atoms with Crippen LogP contribution in [0.25, 0.3) is 0 Å². The van der Waals surface area contributed by atoms with E-state index in [1.54, 1.807) is 23.1 Å². The van der Waals surface area contributed by atoms with Gasteiger partial charge in [-0.2, -0.15) is 5.10 Å². The first-order chi connectivity index (χ1) is 8.91. The van der Waals surface area contributed by atoms with Crippen molar-refractivity contribution in [1.29, 1.82) is 0 Å². The highest BCUT2D eigenvalue weighted by atomic mass is 79.9. The van der Waals surface area contributed by atoms with Crippen molar-refractivity contribution in [2.45, 2.75) is 32.3 Å². The molecule has 1 atom stereocenters. The van der Waals surface area contributed by atoms with Gasteiger partial charge in [-0.05, 0) is 33.3 Å². The first kappa shape index (κ1) is 15.0. The lowest BCUT2D eigenvalue weighted by Gasteiger charge is -2.12. The van der Waals surface area contributed by atoms with E-state index in [1.807, 2.05) is 11.4 Å². The molecule has 0 saturated heterocycles. The van der Waals surface area contributed by atoms with Gasteiger partial charge in [-0.3, -0.25) is 4.68 Å². The Kier molecular flexibility index (Phi) is 4.71. The van der Waals surface area contributed by atoms with Crippen LogP contribution in [0.5, 0.6) is 0 Å². The second-order valence-corrected chi connectivity index (χ2v) is 6.99. The van der Waals surface area contributed by atoms with E-state index >= 15 is 0 Å². The monoisotopic (exact) mass is 362 g/mol. The highest BCUT2D eigenvalue weighted by Gasteiger charge is 2.24. The fraction of sp³-hybridized carbons (Fsp3) is 0.462. The van der Waals surface area contributed by atoms with Gasteiger partial charge in [-0.1, -0.05) is 25.4 Å². The van der Waals surface area contributed by atoms with E-state index in [1.165, 1.54) is 0 Å². The van der Waals surface area contributed by atoms with E-state index in [0.29, 0.717) is 11.6 Å². The van der Waals surface area contributed by atoms with Crippen LogP contribution in [0.2, 0.25) is 5.15 Å². The third-order valence-electron chi connectivity index (χ3n) is 2.99. The van der Waals surface area contributed by atoms with Crippen LogP contribution >= 0.6 is 38.9 Å². The lowest BCUT2D eigenvalue weighted by molar-refractivity contribution is 0.178. The van der Waals surface area contributed by atoms with Gasteiger partial charge >= 0.3 is 0 Å². The summed E-state index contributed by atoms with van der Waals surface area (Å²) >= 11 is 11.4. The molecule has 104 valence electrons. The summed E-state index contributed by atoms with van der Waals surface area (Å²) < 4.78 is 2.65. The van der Waals surface area contributed by atoms with E-state index < -0.39 is 6.10 Å². The maximum atomic E-state index is 10.5. The van der Waals surface area contributed by atoms with Gasteiger partial charge in [-0.15, -0.1) is 11.3 Å². The molecule has 0 aliphatic carbocycles. The van der Waals surface area contributed by atoms with Gasteiger partial charge in [0.25, 0.3) is 0 Å². The van der Waals surface area contributed by atoms with Gasteiger partial charge in [0.1, 0.15) is 5.15 Å².